The number of nitrogens with zero attached hydrogens (tertiary/aromatic N) is 2. The molecule has 1 aromatic heterocycles. The summed E-state index contributed by atoms with van der Waals surface area (Å²) in [5, 5.41) is 6.76. The highest BCUT2D eigenvalue weighted by molar-refractivity contribution is 7.09. The van der Waals surface area contributed by atoms with Crippen LogP contribution in [0.4, 0.5) is 0 Å². The number of thiazole rings is 1. The molecule has 2 heterocycles. The molecular formula is C13H23N3OS. The van der Waals surface area contributed by atoms with Gasteiger partial charge in [0.2, 0.25) is 0 Å². The number of ether oxygens (including phenoxy) is 1. The van der Waals surface area contributed by atoms with Crippen molar-refractivity contribution in [3.63, 3.8) is 0 Å². The molecule has 102 valence electrons. The minimum absolute atomic E-state index is 0.408. The molecule has 0 bridgehead atoms. The normalized spacial score (nSPS) is 21.0. The zero-order valence-corrected chi connectivity index (χ0v) is 12.3. The SMILES string of the molecule is COC1CCN(Cc2csc(CNC(C)C)n2)C1. The maximum atomic E-state index is 5.38. The number of hydrogen-bond donors (Lipinski definition) is 1. The van der Waals surface area contributed by atoms with Crippen molar-refractivity contribution in [2.24, 2.45) is 0 Å². The van der Waals surface area contributed by atoms with Crippen LogP contribution in [-0.4, -0.2) is 42.2 Å². The topological polar surface area (TPSA) is 37.4 Å². The van der Waals surface area contributed by atoms with Crippen molar-refractivity contribution < 1.29 is 4.74 Å². The first-order valence-electron chi connectivity index (χ1n) is 6.59. The van der Waals surface area contributed by atoms with Crippen LogP contribution < -0.4 is 5.32 Å². The third-order valence-electron chi connectivity index (χ3n) is 3.21. The minimum atomic E-state index is 0.408. The van der Waals surface area contributed by atoms with Crippen LogP contribution in [0.15, 0.2) is 5.38 Å². The van der Waals surface area contributed by atoms with Crippen LogP contribution >= 0.6 is 11.3 Å². The lowest BCUT2D eigenvalue weighted by molar-refractivity contribution is 0.107. The van der Waals surface area contributed by atoms with Crippen LogP contribution in [0, 0.1) is 0 Å². The number of nitrogens with one attached hydrogen (secondary N) is 1. The zero-order valence-electron chi connectivity index (χ0n) is 11.5. The summed E-state index contributed by atoms with van der Waals surface area (Å²) in [6, 6.07) is 0.512. The molecule has 4 nitrogen and oxygen atoms in total. The molecule has 0 spiro atoms. The Morgan fingerprint density at radius 1 is 1.61 bits per heavy atom. The van der Waals surface area contributed by atoms with Gasteiger partial charge in [-0.3, -0.25) is 4.90 Å². The Morgan fingerprint density at radius 3 is 3.11 bits per heavy atom. The largest absolute Gasteiger partial charge is 0.380 e. The maximum absolute atomic E-state index is 5.38. The number of aromatic nitrogens is 1. The van der Waals surface area contributed by atoms with Gasteiger partial charge >= 0.3 is 0 Å². The summed E-state index contributed by atoms with van der Waals surface area (Å²) in [5.41, 5.74) is 1.19. The molecule has 0 radical (unpaired) electrons. The van der Waals surface area contributed by atoms with E-state index in [2.05, 4.69) is 34.4 Å². The van der Waals surface area contributed by atoms with Gasteiger partial charge in [0.1, 0.15) is 5.01 Å². The zero-order chi connectivity index (χ0) is 13.0. The predicted molar refractivity (Wildman–Crippen MR) is 74.8 cm³/mol. The van der Waals surface area contributed by atoms with Gasteiger partial charge in [0.05, 0.1) is 11.8 Å². The molecule has 2 rings (SSSR count). The van der Waals surface area contributed by atoms with Gasteiger partial charge in [-0.05, 0) is 6.42 Å². The van der Waals surface area contributed by atoms with E-state index in [-0.39, 0.29) is 0 Å². The average molecular weight is 269 g/mol. The third-order valence-corrected chi connectivity index (χ3v) is 4.11. The number of methoxy groups -OCH3 is 1. The molecule has 1 aromatic rings. The first-order chi connectivity index (χ1) is 8.67. The van der Waals surface area contributed by atoms with Gasteiger partial charge in [0, 0.05) is 44.7 Å². The maximum Gasteiger partial charge on any atom is 0.107 e. The van der Waals surface area contributed by atoms with Crippen LogP contribution in [0.5, 0.6) is 0 Å². The molecule has 1 aliphatic rings. The van der Waals surface area contributed by atoms with E-state index in [1.54, 1.807) is 18.4 Å². The van der Waals surface area contributed by atoms with Gasteiger partial charge < -0.3 is 10.1 Å². The van der Waals surface area contributed by atoms with Gasteiger partial charge in [0.15, 0.2) is 0 Å². The van der Waals surface area contributed by atoms with E-state index in [0.29, 0.717) is 12.1 Å². The summed E-state index contributed by atoms with van der Waals surface area (Å²) < 4.78 is 5.38. The van der Waals surface area contributed by atoms with Crippen molar-refractivity contribution in [3.8, 4) is 0 Å². The average Bonchev–Trinajstić information content (AvgIpc) is 2.96. The van der Waals surface area contributed by atoms with Crippen molar-refractivity contribution in [2.45, 2.75) is 45.5 Å². The van der Waals surface area contributed by atoms with Crippen molar-refractivity contribution in [2.75, 3.05) is 20.2 Å². The standard InChI is InChI=1S/C13H23N3OS/c1-10(2)14-6-13-15-11(9-18-13)7-16-5-4-12(8-16)17-3/h9-10,12,14H,4-8H2,1-3H3. The molecule has 0 saturated carbocycles. The van der Waals surface area contributed by atoms with Gasteiger partial charge in [-0.25, -0.2) is 4.98 Å². The fourth-order valence-electron chi connectivity index (χ4n) is 2.16. The molecular weight excluding hydrogens is 246 g/mol. The number of rotatable bonds is 6. The van der Waals surface area contributed by atoms with E-state index < -0.39 is 0 Å². The molecule has 0 aliphatic carbocycles. The van der Waals surface area contributed by atoms with Crippen LogP contribution in [0.2, 0.25) is 0 Å². The van der Waals surface area contributed by atoms with Gasteiger partial charge in [-0.1, -0.05) is 13.8 Å². The summed E-state index contributed by atoms with van der Waals surface area (Å²) in [6.07, 6.45) is 1.55. The van der Waals surface area contributed by atoms with Crippen molar-refractivity contribution in [3.05, 3.63) is 16.1 Å². The van der Waals surface area contributed by atoms with Gasteiger partial charge in [-0.15, -0.1) is 11.3 Å². The summed E-state index contributed by atoms with van der Waals surface area (Å²) in [5.74, 6) is 0. The van der Waals surface area contributed by atoms with E-state index in [4.69, 9.17) is 4.74 Å². The molecule has 18 heavy (non-hydrogen) atoms. The van der Waals surface area contributed by atoms with E-state index in [9.17, 15) is 0 Å². The van der Waals surface area contributed by atoms with Gasteiger partial charge in [-0.2, -0.15) is 0 Å². The second kappa shape index (κ2) is 6.61. The smallest absolute Gasteiger partial charge is 0.107 e. The highest BCUT2D eigenvalue weighted by atomic mass is 32.1. The molecule has 5 heteroatoms. The van der Waals surface area contributed by atoms with E-state index in [1.807, 2.05) is 0 Å². The van der Waals surface area contributed by atoms with Crippen LogP contribution in [-0.2, 0) is 17.8 Å². The summed E-state index contributed by atoms with van der Waals surface area (Å²) >= 11 is 1.75. The van der Waals surface area contributed by atoms with E-state index >= 15 is 0 Å². The van der Waals surface area contributed by atoms with Crippen molar-refractivity contribution in [1.82, 2.24) is 15.2 Å². The lowest BCUT2D eigenvalue weighted by atomic mass is 10.3. The molecule has 0 aromatic carbocycles. The van der Waals surface area contributed by atoms with Gasteiger partial charge in [0.25, 0.3) is 0 Å². The first-order valence-corrected chi connectivity index (χ1v) is 7.47. The number of hydrogen-bond acceptors (Lipinski definition) is 5. The first kappa shape index (κ1) is 13.9. The quantitative estimate of drug-likeness (QED) is 0.855. The second-order valence-electron chi connectivity index (χ2n) is 5.15. The molecule has 1 saturated heterocycles. The Balaban J connectivity index is 1.80. The Labute approximate surface area is 113 Å². The second-order valence-corrected chi connectivity index (χ2v) is 6.09. The van der Waals surface area contributed by atoms with Crippen LogP contribution in [0.3, 0.4) is 0 Å². The lowest BCUT2D eigenvalue weighted by Gasteiger charge is -2.13. The molecule has 1 N–H and O–H groups in total. The Morgan fingerprint density at radius 2 is 2.44 bits per heavy atom. The third kappa shape index (κ3) is 4.02. The Hall–Kier alpha value is -0.490. The molecule has 0 amide bonds. The molecule has 1 fully saturated rings. The highest BCUT2D eigenvalue weighted by Crippen LogP contribution is 2.17. The van der Waals surface area contributed by atoms with Crippen molar-refractivity contribution >= 4 is 11.3 Å². The lowest BCUT2D eigenvalue weighted by Crippen LogP contribution is -2.23. The van der Waals surface area contributed by atoms with Crippen LogP contribution in [0.25, 0.3) is 0 Å². The number of likely N-dealkylation sites (tertiary alicyclic amines) is 1. The van der Waals surface area contributed by atoms with Crippen molar-refractivity contribution in [1.29, 1.82) is 0 Å². The molecule has 1 aliphatic heterocycles. The predicted octanol–water partition coefficient (Wildman–Crippen LogP) is 1.86. The summed E-state index contributed by atoms with van der Waals surface area (Å²) in [6.45, 7) is 8.30. The Bertz CT molecular complexity index is 367. The summed E-state index contributed by atoms with van der Waals surface area (Å²) in [4.78, 5) is 7.09. The summed E-state index contributed by atoms with van der Waals surface area (Å²) in [7, 11) is 1.80. The fourth-order valence-corrected chi connectivity index (χ4v) is 2.89. The van der Waals surface area contributed by atoms with E-state index in [1.165, 1.54) is 10.7 Å². The van der Waals surface area contributed by atoms with Crippen LogP contribution in [0.1, 0.15) is 31.0 Å². The minimum Gasteiger partial charge on any atom is -0.380 e. The molecule has 1 unspecified atom stereocenters. The molecule has 1 atom stereocenters. The Kier molecular flexibility index (Phi) is 5.12. The monoisotopic (exact) mass is 269 g/mol. The highest BCUT2D eigenvalue weighted by Gasteiger charge is 2.22. The fraction of sp³-hybridized carbons (Fsp3) is 0.769. The van der Waals surface area contributed by atoms with E-state index in [0.717, 1.165) is 32.6 Å².